The summed E-state index contributed by atoms with van der Waals surface area (Å²) in [7, 11) is 0. The topological polar surface area (TPSA) is 32.9 Å². The normalized spacial score (nSPS) is 11.0. The van der Waals surface area contributed by atoms with Gasteiger partial charge in [0.05, 0.1) is 10.6 Å². The van der Waals surface area contributed by atoms with Crippen molar-refractivity contribution in [2.75, 3.05) is 0 Å². The van der Waals surface area contributed by atoms with Gasteiger partial charge in [0.25, 0.3) is 0 Å². The Balaban J connectivity index is 1.93. The van der Waals surface area contributed by atoms with Gasteiger partial charge in [0, 0.05) is 21.3 Å². The molecule has 2 nitrogen and oxygen atoms in total. The lowest BCUT2D eigenvalue weighted by molar-refractivity contribution is 0.112. The van der Waals surface area contributed by atoms with Crippen LogP contribution in [0.5, 0.6) is 0 Å². The van der Waals surface area contributed by atoms with Crippen molar-refractivity contribution < 1.29 is 4.79 Å². The Kier molecular flexibility index (Phi) is 3.36. The molecule has 1 N–H and O–H groups in total. The van der Waals surface area contributed by atoms with Crippen molar-refractivity contribution in [3.8, 4) is 21.7 Å². The molecule has 2 heterocycles. The van der Waals surface area contributed by atoms with Gasteiger partial charge in [-0.2, -0.15) is 0 Å². The molecule has 112 valence electrons. The van der Waals surface area contributed by atoms with Gasteiger partial charge in [-0.3, -0.25) is 4.79 Å². The number of fused-ring (bicyclic) bond motifs is 1. The first-order valence-corrected chi connectivity index (χ1v) is 8.31. The number of H-pyrrole nitrogens is 1. The van der Waals surface area contributed by atoms with E-state index >= 15 is 0 Å². The summed E-state index contributed by atoms with van der Waals surface area (Å²) < 4.78 is 0. The summed E-state index contributed by atoms with van der Waals surface area (Å²) in [4.78, 5) is 17.5. The number of nitrogens with one attached hydrogen (secondary N) is 1. The molecule has 0 spiro atoms. The van der Waals surface area contributed by atoms with Gasteiger partial charge >= 0.3 is 0 Å². The van der Waals surface area contributed by atoms with E-state index in [4.69, 9.17) is 0 Å². The Morgan fingerprint density at radius 1 is 0.957 bits per heavy atom. The fourth-order valence-electron chi connectivity index (χ4n) is 2.91. The maximum atomic E-state index is 11.7. The van der Waals surface area contributed by atoms with Crippen LogP contribution in [-0.2, 0) is 0 Å². The number of hydrogen-bond donors (Lipinski definition) is 1. The number of carbonyl (C=O) groups excluding carboxylic acids is 1. The van der Waals surface area contributed by atoms with E-state index in [1.807, 2.05) is 18.2 Å². The van der Waals surface area contributed by atoms with Gasteiger partial charge in [-0.1, -0.05) is 36.4 Å². The second-order valence-electron chi connectivity index (χ2n) is 5.57. The molecule has 0 fully saturated rings. The van der Waals surface area contributed by atoms with Crippen LogP contribution in [-0.4, -0.2) is 11.3 Å². The number of carbonyl (C=O) groups is 1. The second kappa shape index (κ2) is 5.52. The molecule has 0 amide bonds. The third-order valence-electron chi connectivity index (χ3n) is 4.05. The van der Waals surface area contributed by atoms with Crippen LogP contribution in [0.25, 0.3) is 32.6 Å². The molecule has 0 saturated heterocycles. The summed E-state index contributed by atoms with van der Waals surface area (Å²) in [5, 5.41) is 0.974. The first-order valence-electron chi connectivity index (χ1n) is 7.49. The van der Waals surface area contributed by atoms with Crippen LogP contribution in [0.15, 0.2) is 60.7 Å². The highest BCUT2D eigenvalue weighted by Gasteiger charge is 2.14. The Morgan fingerprint density at radius 3 is 2.48 bits per heavy atom. The molecule has 23 heavy (non-hydrogen) atoms. The van der Waals surface area contributed by atoms with E-state index in [1.165, 1.54) is 4.88 Å². The number of aromatic nitrogens is 1. The summed E-state index contributed by atoms with van der Waals surface area (Å²) in [5.74, 6) is 0. The smallest absolute Gasteiger partial charge is 0.152 e. The fraction of sp³-hybridized carbons (Fsp3) is 0.0500. The predicted molar refractivity (Wildman–Crippen MR) is 97.2 cm³/mol. The monoisotopic (exact) mass is 317 g/mol. The predicted octanol–water partition coefficient (Wildman–Crippen LogP) is 5.68. The highest BCUT2D eigenvalue weighted by Crippen LogP contribution is 2.35. The molecule has 2 aromatic carbocycles. The van der Waals surface area contributed by atoms with Crippen molar-refractivity contribution >= 4 is 28.5 Å². The number of aromatic amines is 1. The highest BCUT2D eigenvalue weighted by atomic mass is 32.1. The number of benzene rings is 2. The third kappa shape index (κ3) is 2.39. The first kappa shape index (κ1) is 14.0. The molecule has 0 saturated carbocycles. The van der Waals surface area contributed by atoms with Crippen molar-refractivity contribution in [3.05, 3.63) is 71.1 Å². The quantitative estimate of drug-likeness (QED) is 0.484. The lowest BCUT2D eigenvalue weighted by Crippen LogP contribution is -1.82. The van der Waals surface area contributed by atoms with Crippen molar-refractivity contribution in [1.82, 2.24) is 4.98 Å². The van der Waals surface area contributed by atoms with Crippen molar-refractivity contribution in [1.29, 1.82) is 0 Å². The molecule has 3 heteroatoms. The maximum Gasteiger partial charge on any atom is 0.152 e. The van der Waals surface area contributed by atoms with Gasteiger partial charge in [-0.15, -0.1) is 11.3 Å². The zero-order chi connectivity index (χ0) is 15.8. The number of thiophene rings is 1. The van der Waals surface area contributed by atoms with E-state index in [0.29, 0.717) is 0 Å². The van der Waals surface area contributed by atoms with Crippen LogP contribution in [0.2, 0.25) is 0 Å². The molecule has 0 unspecified atom stereocenters. The number of aldehydes is 1. The number of rotatable bonds is 3. The minimum absolute atomic E-state index is 0.736. The zero-order valence-electron chi connectivity index (χ0n) is 12.7. The standard InChI is InChI=1S/C20H15NOS/c1-13-7-10-19(23-13)20-17(12-22)16-11-15(8-9-18(16)21-20)14-5-3-2-4-6-14/h2-12,21H,1H3. The number of aryl methyl sites for hydroxylation is 1. The minimum Gasteiger partial charge on any atom is -0.353 e. The largest absolute Gasteiger partial charge is 0.353 e. The van der Waals surface area contributed by atoms with Crippen molar-refractivity contribution in [2.24, 2.45) is 0 Å². The molecular formula is C20H15NOS. The van der Waals surface area contributed by atoms with E-state index in [1.54, 1.807) is 11.3 Å². The van der Waals surface area contributed by atoms with Crippen molar-refractivity contribution in [3.63, 3.8) is 0 Å². The Morgan fingerprint density at radius 2 is 1.78 bits per heavy atom. The Hall–Kier alpha value is -2.65. The average Bonchev–Trinajstić information content (AvgIpc) is 3.18. The SMILES string of the molecule is Cc1ccc(-c2[nH]c3ccc(-c4ccccc4)cc3c2C=O)s1. The summed E-state index contributed by atoms with van der Waals surface area (Å²) in [6.07, 6.45) is 0.956. The zero-order valence-corrected chi connectivity index (χ0v) is 13.5. The summed E-state index contributed by atoms with van der Waals surface area (Å²) in [6.45, 7) is 2.07. The second-order valence-corrected chi connectivity index (χ2v) is 6.86. The molecule has 0 bridgehead atoms. The molecule has 0 aliphatic heterocycles. The molecule has 2 aromatic heterocycles. The Labute approximate surface area is 138 Å². The molecule has 0 radical (unpaired) electrons. The van der Waals surface area contributed by atoms with Crippen LogP contribution >= 0.6 is 11.3 Å². The van der Waals surface area contributed by atoms with E-state index < -0.39 is 0 Å². The van der Waals surface area contributed by atoms with Crippen LogP contribution in [0.4, 0.5) is 0 Å². The van der Waals surface area contributed by atoms with Gasteiger partial charge < -0.3 is 4.98 Å². The lowest BCUT2D eigenvalue weighted by atomic mass is 10.0. The lowest BCUT2D eigenvalue weighted by Gasteiger charge is -2.01. The first-order chi connectivity index (χ1) is 11.3. The Bertz CT molecular complexity index is 995. The molecule has 0 aliphatic carbocycles. The van der Waals surface area contributed by atoms with E-state index in [0.717, 1.165) is 44.5 Å². The van der Waals surface area contributed by atoms with Gasteiger partial charge in [-0.25, -0.2) is 0 Å². The van der Waals surface area contributed by atoms with Crippen LogP contribution in [0.1, 0.15) is 15.2 Å². The van der Waals surface area contributed by atoms with Gasteiger partial charge in [-0.05, 0) is 42.3 Å². The van der Waals surface area contributed by atoms with Gasteiger partial charge in [0.15, 0.2) is 6.29 Å². The van der Waals surface area contributed by atoms with Crippen molar-refractivity contribution in [2.45, 2.75) is 6.92 Å². The fourth-order valence-corrected chi connectivity index (χ4v) is 3.79. The minimum atomic E-state index is 0.736. The molecule has 0 atom stereocenters. The molecule has 4 aromatic rings. The van der Waals surface area contributed by atoms with Crippen LogP contribution in [0, 0.1) is 6.92 Å². The van der Waals surface area contributed by atoms with E-state index in [2.05, 4.69) is 54.4 Å². The summed E-state index contributed by atoms with van der Waals surface area (Å²) in [5.41, 5.74) is 4.92. The van der Waals surface area contributed by atoms with Gasteiger partial charge in [0.1, 0.15) is 0 Å². The maximum absolute atomic E-state index is 11.7. The molecule has 4 rings (SSSR count). The van der Waals surface area contributed by atoms with Gasteiger partial charge in [0.2, 0.25) is 0 Å². The number of hydrogen-bond acceptors (Lipinski definition) is 2. The van der Waals surface area contributed by atoms with Crippen LogP contribution in [0.3, 0.4) is 0 Å². The molecular weight excluding hydrogens is 302 g/mol. The van der Waals surface area contributed by atoms with E-state index in [-0.39, 0.29) is 0 Å². The third-order valence-corrected chi connectivity index (χ3v) is 5.07. The molecule has 0 aliphatic rings. The van der Waals surface area contributed by atoms with E-state index in [9.17, 15) is 4.79 Å². The average molecular weight is 317 g/mol. The summed E-state index contributed by atoms with van der Waals surface area (Å²) >= 11 is 1.70. The summed E-state index contributed by atoms with van der Waals surface area (Å²) in [6, 6.07) is 20.6. The highest BCUT2D eigenvalue weighted by molar-refractivity contribution is 7.15. The van der Waals surface area contributed by atoms with Crippen LogP contribution < -0.4 is 0 Å².